The number of likely N-dealkylation sites (tertiary alicyclic amines) is 1. The van der Waals surface area contributed by atoms with Gasteiger partial charge in [0, 0.05) is 44.3 Å². The second-order valence-corrected chi connectivity index (χ2v) is 9.27. The minimum atomic E-state index is 0.152. The number of anilines is 1. The highest BCUT2D eigenvalue weighted by molar-refractivity contribution is 5.79. The van der Waals surface area contributed by atoms with Crippen molar-refractivity contribution in [2.75, 3.05) is 58.4 Å². The van der Waals surface area contributed by atoms with Crippen LogP contribution in [0.1, 0.15) is 29.5 Å². The van der Waals surface area contributed by atoms with E-state index in [1.807, 2.05) is 12.1 Å². The van der Waals surface area contributed by atoms with E-state index in [0.717, 1.165) is 70.2 Å². The van der Waals surface area contributed by atoms with Gasteiger partial charge >= 0.3 is 0 Å². The van der Waals surface area contributed by atoms with Crippen LogP contribution in [0.3, 0.4) is 0 Å². The Morgan fingerprint density at radius 3 is 2.27 bits per heavy atom. The molecule has 1 amide bonds. The molecular weight excluding hydrogens is 414 g/mol. The maximum Gasteiger partial charge on any atom is 0.225 e. The molecule has 4 rings (SSSR count). The number of carbonyl (C=O) groups is 1. The predicted molar refractivity (Wildman–Crippen MR) is 132 cm³/mol. The predicted octanol–water partition coefficient (Wildman–Crippen LogP) is 3.88. The highest BCUT2D eigenvalue weighted by Gasteiger charge is 2.30. The molecule has 6 nitrogen and oxygen atoms in total. The first-order chi connectivity index (χ1) is 16.0. The maximum atomic E-state index is 13.2. The molecule has 2 aliphatic rings. The molecule has 0 saturated carbocycles. The molecule has 0 N–H and O–H groups in total. The monoisotopic (exact) mass is 451 g/mol. The molecule has 0 atom stereocenters. The lowest BCUT2D eigenvalue weighted by atomic mass is 9.94. The van der Waals surface area contributed by atoms with Crippen molar-refractivity contribution < 1.29 is 14.3 Å². The third-order valence-electron chi connectivity index (χ3n) is 7.30. The van der Waals surface area contributed by atoms with Crippen molar-refractivity contribution in [3.8, 4) is 11.5 Å². The summed E-state index contributed by atoms with van der Waals surface area (Å²) in [6, 6.07) is 12.6. The van der Waals surface area contributed by atoms with Crippen LogP contribution in [0, 0.1) is 19.8 Å². The van der Waals surface area contributed by atoms with E-state index in [-0.39, 0.29) is 5.92 Å². The van der Waals surface area contributed by atoms with Gasteiger partial charge in [-0.25, -0.2) is 0 Å². The Hall–Kier alpha value is -2.73. The van der Waals surface area contributed by atoms with Crippen LogP contribution in [0.15, 0.2) is 36.4 Å². The number of ether oxygens (including phenoxy) is 2. The van der Waals surface area contributed by atoms with Gasteiger partial charge in [0.1, 0.15) is 0 Å². The topological polar surface area (TPSA) is 45.2 Å². The summed E-state index contributed by atoms with van der Waals surface area (Å²) in [6.07, 6.45) is 1.87. The van der Waals surface area contributed by atoms with Crippen LogP contribution < -0.4 is 14.4 Å². The van der Waals surface area contributed by atoms with Crippen LogP contribution in [0.5, 0.6) is 11.5 Å². The number of carbonyl (C=O) groups excluding carboxylic acids is 1. The lowest BCUT2D eigenvalue weighted by Crippen LogP contribution is -2.51. The van der Waals surface area contributed by atoms with Gasteiger partial charge in [-0.1, -0.05) is 18.2 Å². The first-order valence-corrected chi connectivity index (χ1v) is 12.0. The minimum Gasteiger partial charge on any atom is -0.493 e. The smallest absolute Gasteiger partial charge is 0.225 e. The summed E-state index contributed by atoms with van der Waals surface area (Å²) >= 11 is 0. The Morgan fingerprint density at radius 2 is 1.61 bits per heavy atom. The lowest BCUT2D eigenvalue weighted by Gasteiger charge is -2.40. The van der Waals surface area contributed by atoms with Gasteiger partial charge < -0.3 is 19.3 Å². The van der Waals surface area contributed by atoms with Crippen molar-refractivity contribution in [3.05, 3.63) is 53.1 Å². The molecule has 2 aromatic rings. The zero-order valence-electron chi connectivity index (χ0n) is 20.5. The van der Waals surface area contributed by atoms with Gasteiger partial charge in [0.05, 0.1) is 14.2 Å². The van der Waals surface area contributed by atoms with Crippen LogP contribution in [0.2, 0.25) is 0 Å². The van der Waals surface area contributed by atoms with Gasteiger partial charge in [0.15, 0.2) is 11.5 Å². The van der Waals surface area contributed by atoms with Crippen molar-refractivity contribution in [2.45, 2.75) is 33.2 Å². The molecule has 2 aliphatic heterocycles. The van der Waals surface area contributed by atoms with E-state index >= 15 is 0 Å². The molecule has 0 aromatic heterocycles. The Balaban J connectivity index is 1.26. The third kappa shape index (κ3) is 5.27. The molecule has 2 saturated heterocycles. The van der Waals surface area contributed by atoms with Gasteiger partial charge in [0.2, 0.25) is 5.91 Å². The van der Waals surface area contributed by atoms with Crippen molar-refractivity contribution in [1.82, 2.24) is 9.80 Å². The average Bonchev–Trinajstić information content (AvgIpc) is 2.86. The van der Waals surface area contributed by atoms with Gasteiger partial charge in [0.25, 0.3) is 0 Å². The van der Waals surface area contributed by atoms with Crippen LogP contribution in [-0.2, 0) is 11.3 Å². The number of nitrogens with zero attached hydrogens (tertiary/aromatic N) is 3. The number of piperidine rings is 1. The fourth-order valence-electron chi connectivity index (χ4n) is 5.08. The summed E-state index contributed by atoms with van der Waals surface area (Å²) in [5.41, 5.74) is 5.19. The lowest BCUT2D eigenvalue weighted by molar-refractivity contribution is -0.137. The van der Waals surface area contributed by atoms with Crippen LogP contribution in [0.4, 0.5) is 5.69 Å². The molecule has 0 spiro atoms. The maximum absolute atomic E-state index is 13.2. The number of methoxy groups -OCH3 is 2. The zero-order chi connectivity index (χ0) is 23.4. The first kappa shape index (κ1) is 23.4. The number of piperazine rings is 1. The summed E-state index contributed by atoms with van der Waals surface area (Å²) in [7, 11) is 3.32. The quantitative estimate of drug-likeness (QED) is 0.667. The molecule has 6 heteroatoms. The zero-order valence-corrected chi connectivity index (χ0v) is 20.5. The van der Waals surface area contributed by atoms with Crippen LogP contribution >= 0.6 is 0 Å². The van der Waals surface area contributed by atoms with Crippen molar-refractivity contribution >= 4 is 11.6 Å². The molecule has 2 heterocycles. The van der Waals surface area contributed by atoms with E-state index < -0.39 is 0 Å². The van der Waals surface area contributed by atoms with E-state index in [2.05, 4.69) is 52.8 Å². The fraction of sp³-hybridized carbons (Fsp3) is 0.519. The number of benzene rings is 2. The number of hydrogen-bond donors (Lipinski definition) is 0. The molecule has 0 unspecified atom stereocenters. The average molecular weight is 452 g/mol. The highest BCUT2D eigenvalue weighted by Crippen LogP contribution is 2.29. The Bertz CT molecular complexity index is 961. The second kappa shape index (κ2) is 10.5. The summed E-state index contributed by atoms with van der Waals surface area (Å²) < 4.78 is 10.8. The van der Waals surface area contributed by atoms with Gasteiger partial charge in [-0.15, -0.1) is 0 Å². The summed E-state index contributed by atoms with van der Waals surface area (Å²) in [5, 5.41) is 0. The van der Waals surface area contributed by atoms with E-state index in [1.54, 1.807) is 14.2 Å². The molecule has 33 heavy (non-hydrogen) atoms. The summed E-state index contributed by atoms with van der Waals surface area (Å²) in [6.45, 7) is 10.6. The van der Waals surface area contributed by atoms with E-state index in [0.29, 0.717) is 5.91 Å². The molecule has 0 bridgehead atoms. The van der Waals surface area contributed by atoms with Crippen molar-refractivity contribution in [1.29, 1.82) is 0 Å². The Kier molecular flexibility index (Phi) is 7.43. The molecule has 2 fully saturated rings. The SMILES string of the molecule is COc1ccc(CN2CCC(C(=O)N3CCN(c4cccc(C)c4C)CC3)CC2)cc1OC. The molecule has 0 aliphatic carbocycles. The molecule has 178 valence electrons. The molecule has 2 aromatic carbocycles. The minimum absolute atomic E-state index is 0.152. The number of aryl methyl sites for hydroxylation is 1. The van der Waals surface area contributed by atoms with Gasteiger partial charge in [-0.05, 0) is 74.7 Å². The van der Waals surface area contributed by atoms with E-state index in [9.17, 15) is 4.79 Å². The summed E-state index contributed by atoms with van der Waals surface area (Å²) in [4.78, 5) is 20.2. The van der Waals surface area contributed by atoms with E-state index in [4.69, 9.17) is 9.47 Å². The Labute approximate surface area is 198 Å². The van der Waals surface area contributed by atoms with Crippen molar-refractivity contribution in [3.63, 3.8) is 0 Å². The fourth-order valence-corrected chi connectivity index (χ4v) is 5.08. The number of amides is 1. The van der Waals surface area contributed by atoms with Crippen molar-refractivity contribution in [2.24, 2.45) is 5.92 Å². The standard InChI is InChI=1S/C27H37N3O3/c1-20-6-5-7-24(21(20)2)29-14-16-30(17-15-29)27(31)23-10-12-28(13-11-23)19-22-8-9-25(32-3)26(18-22)33-4/h5-9,18,23H,10-17,19H2,1-4H3. The molecule has 0 radical (unpaired) electrons. The highest BCUT2D eigenvalue weighted by atomic mass is 16.5. The summed E-state index contributed by atoms with van der Waals surface area (Å²) in [5.74, 6) is 2.02. The number of rotatable bonds is 6. The largest absolute Gasteiger partial charge is 0.493 e. The van der Waals surface area contributed by atoms with Gasteiger partial charge in [-0.2, -0.15) is 0 Å². The third-order valence-corrected chi connectivity index (χ3v) is 7.30. The first-order valence-electron chi connectivity index (χ1n) is 12.0. The Morgan fingerprint density at radius 1 is 0.909 bits per heavy atom. The van der Waals surface area contributed by atoms with Crippen LogP contribution in [-0.4, -0.2) is 69.2 Å². The molecular formula is C27H37N3O3. The van der Waals surface area contributed by atoms with Crippen LogP contribution in [0.25, 0.3) is 0 Å². The van der Waals surface area contributed by atoms with E-state index in [1.165, 1.54) is 22.4 Å². The normalized spacial score (nSPS) is 17.8. The van der Waals surface area contributed by atoms with Gasteiger partial charge in [-0.3, -0.25) is 9.69 Å². The number of hydrogen-bond acceptors (Lipinski definition) is 5. The second-order valence-electron chi connectivity index (χ2n) is 9.27.